The Morgan fingerprint density at radius 2 is 2.09 bits per heavy atom. The van der Waals surface area contributed by atoms with Gasteiger partial charge in [-0.25, -0.2) is 9.97 Å². The number of nitrogens with zero attached hydrogens (tertiary/aromatic N) is 4. The molecule has 2 aromatic heterocycles. The van der Waals surface area contributed by atoms with E-state index in [4.69, 9.17) is 10.7 Å². The quantitative estimate of drug-likeness (QED) is 0.417. The Morgan fingerprint density at radius 3 is 2.67 bits per heavy atom. The molecule has 1 aliphatic carbocycles. The number of pyridine rings is 1. The van der Waals surface area contributed by atoms with Gasteiger partial charge in [0.15, 0.2) is 11.6 Å². The Balaban J connectivity index is 1.97. The SMILES string of the molecule is C=CCCN(CCC)C1(CC)CC1n1cc(-c2cnc(N)c(OC(F)(F)F)c2)nc1C(C)C. The molecular weight excluding hydrogens is 431 g/mol. The third-order valence-corrected chi connectivity index (χ3v) is 6.36. The predicted molar refractivity (Wildman–Crippen MR) is 124 cm³/mol. The van der Waals surface area contributed by atoms with Crippen LogP contribution in [0.15, 0.2) is 31.1 Å². The summed E-state index contributed by atoms with van der Waals surface area (Å²) in [6.45, 7) is 14.4. The molecule has 9 heteroatoms. The highest BCUT2D eigenvalue weighted by molar-refractivity contribution is 5.64. The molecule has 33 heavy (non-hydrogen) atoms. The summed E-state index contributed by atoms with van der Waals surface area (Å²) in [5.74, 6) is 0.215. The van der Waals surface area contributed by atoms with Gasteiger partial charge in [0.2, 0.25) is 0 Å². The fourth-order valence-corrected chi connectivity index (χ4v) is 4.68. The van der Waals surface area contributed by atoms with Crippen molar-refractivity contribution >= 4 is 5.82 Å². The van der Waals surface area contributed by atoms with E-state index in [0.29, 0.717) is 11.3 Å². The summed E-state index contributed by atoms with van der Waals surface area (Å²) in [5.41, 5.74) is 6.64. The van der Waals surface area contributed by atoms with E-state index < -0.39 is 12.1 Å². The van der Waals surface area contributed by atoms with Gasteiger partial charge in [-0.15, -0.1) is 19.8 Å². The lowest BCUT2D eigenvalue weighted by Gasteiger charge is -2.32. The Labute approximate surface area is 193 Å². The number of hydrogen-bond donors (Lipinski definition) is 1. The number of ether oxygens (including phenoxy) is 1. The molecule has 6 nitrogen and oxygen atoms in total. The highest BCUT2D eigenvalue weighted by Crippen LogP contribution is 2.56. The zero-order valence-electron chi connectivity index (χ0n) is 19.8. The van der Waals surface area contributed by atoms with Crippen LogP contribution in [0.5, 0.6) is 5.75 Å². The van der Waals surface area contributed by atoms with E-state index in [-0.39, 0.29) is 23.3 Å². The van der Waals surface area contributed by atoms with E-state index in [9.17, 15) is 13.2 Å². The highest BCUT2D eigenvalue weighted by atomic mass is 19.4. The Bertz CT molecular complexity index is 971. The van der Waals surface area contributed by atoms with E-state index in [1.54, 1.807) is 0 Å². The van der Waals surface area contributed by atoms with Crippen molar-refractivity contribution in [1.82, 2.24) is 19.4 Å². The van der Waals surface area contributed by atoms with Crippen molar-refractivity contribution in [3.05, 3.63) is 36.9 Å². The molecule has 2 aromatic rings. The molecule has 1 aliphatic rings. The van der Waals surface area contributed by atoms with Crippen molar-refractivity contribution in [1.29, 1.82) is 0 Å². The smallest absolute Gasteiger partial charge is 0.402 e. The molecule has 2 unspecified atom stereocenters. The van der Waals surface area contributed by atoms with Crippen LogP contribution in [0.3, 0.4) is 0 Å². The molecule has 3 rings (SSSR count). The number of halogens is 3. The molecule has 0 aromatic carbocycles. The molecule has 0 radical (unpaired) electrons. The first-order valence-electron chi connectivity index (χ1n) is 11.5. The van der Waals surface area contributed by atoms with Gasteiger partial charge in [-0.2, -0.15) is 0 Å². The maximum Gasteiger partial charge on any atom is 0.573 e. The van der Waals surface area contributed by atoms with E-state index in [2.05, 4.69) is 53.5 Å². The van der Waals surface area contributed by atoms with Crippen molar-refractivity contribution in [2.24, 2.45) is 0 Å². The first kappa shape index (κ1) is 25.1. The number of nitrogen functional groups attached to an aromatic ring is 1. The normalized spacial score (nSPS) is 20.5. The largest absolute Gasteiger partial charge is 0.573 e. The van der Waals surface area contributed by atoms with Gasteiger partial charge >= 0.3 is 6.36 Å². The molecule has 0 saturated heterocycles. The first-order chi connectivity index (χ1) is 15.6. The molecule has 2 heterocycles. The summed E-state index contributed by atoms with van der Waals surface area (Å²) in [6, 6.07) is 1.50. The number of rotatable bonds is 11. The highest BCUT2D eigenvalue weighted by Gasteiger charge is 2.58. The summed E-state index contributed by atoms with van der Waals surface area (Å²) in [6.07, 6.45) is 4.48. The summed E-state index contributed by atoms with van der Waals surface area (Å²) in [7, 11) is 0. The molecule has 182 valence electrons. The molecule has 0 amide bonds. The van der Waals surface area contributed by atoms with E-state index in [1.165, 1.54) is 12.3 Å². The second kappa shape index (κ2) is 9.75. The Hall–Kier alpha value is -2.55. The van der Waals surface area contributed by atoms with Crippen LogP contribution in [-0.4, -0.2) is 44.4 Å². The number of hydrogen-bond acceptors (Lipinski definition) is 5. The van der Waals surface area contributed by atoms with Crippen molar-refractivity contribution in [3.8, 4) is 17.0 Å². The fourth-order valence-electron chi connectivity index (χ4n) is 4.68. The van der Waals surface area contributed by atoms with Crippen LogP contribution >= 0.6 is 0 Å². The molecule has 1 fully saturated rings. The monoisotopic (exact) mass is 465 g/mol. The zero-order valence-corrected chi connectivity index (χ0v) is 19.8. The topological polar surface area (TPSA) is 69.2 Å². The summed E-state index contributed by atoms with van der Waals surface area (Å²) in [4.78, 5) is 11.2. The van der Waals surface area contributed by atoms with E-state index >= 15 is 0 Å². The number of imidazole rings is 1. The minimum atomic E-state index is -4.85. The molecular formula is C24H34F3N5O. The molecule has 2 atom stereocenters. The fraction of sp³-hybridized carbons (Fsp3) is 0.583. The van der Waals surface area contributed by atoms with Gasteiger partial charge in [0.25, 0.3) is 0 Å². The Kier molecular flexibility index (Phi) is 7.41. The average molecular weight is 466 g/mol. The number of alkyl halides is 3. The number of nitrogens with two attached hydrogens (primary N) is 1. The number of aromatic nitrogens is 3. The van der Waals surface area contributed by atoms with Crippen LogP contribution in [0, 0.1) is 0 Å². The Morgan fingerprint density at radius 1 is 1.36 bits per heavy atom. The lowest BCUT2D eigenvalue weighted by Crippen LogP contribution is -2.40. The second-order valence-electron chi connectivity index (χ2n) is 8.94. The van der Waals surface area contributed by atoms with Crippen molar-refractivity contribution in [3.63, 3.8) is 0 Å². The maximum absolute atomic E-state index is 12.8. The van der Waals surface area contributed by atoms with Crippen molar-refractivity contribution in [2.75, 3.05) is 18.8 Å². The van der Waals surface area contributed by atoms with Gasteiger partial charge in [-0.3, -0.25) is 4.90 Å². The molecule has 0 aliphatic heterocycles. The number of anilines is 1. The zero-order chi connectivity index (χ0) is 24.4. The van der Waals surface area contributed by atoms with Gasteiger partial charge in [0.1, 0.15) is 5.82 Å². The lowest BCUT2D eigenvalue weighted by molar-refractivity contribution is -0.274. The molecule has 2 N–H and O–H groups in total. The molecule has 0 bridgehead atoms. The van der Waals surface area contributed by atoms with Crippen molar-refractivity contribution in [2.45, 2.75) is 77.2 Å². The minimum Gasteiger partial charge on any atom is -0.402 e. The first-order valence-corrected chi connectivity index (χ1v) is 11.5. The van der Waals surface area contributed by atoms with Crippen molar-refractivity contribution < 1.29 is 17.9 Å². The predicted octanol–water partition coefficient (Wildman–Crippen LogP) is 5.93. The summed E-state index contributed by atoms with van der Waals surface area (Å²) >= 11 is 0. The van der Waals surface area contributed by atoms with Gasteiger partial charge in [0, 0.05) is 36.0 Å². The lowest BCUT2D eigenvalue weighted by atomic mass is 10.1. The van der Waals surface area contributed by atoms with Crippen LogP contribution < -0.4 is 10.5 Å². The minimum absolute atomic E-state index is 0.0462. The van der Waals surface area contributed by atoms with Gasteiger partial charge in [0.05, 0.1) is 11.7 Å². The third kappa shape index (κ3) is 5.34. The second-order valence-corrected chi connectivity index (χ2v) is 8.94. The maximum atomic E-state index is 12.8. The average Bonchev–Trinajstić information content (AvgIpc) is 3.32. The van der Waals surface area contributed by atoms with Crippen LogP contribution in [0.4, 0.5) is 19.0 Å². The summed E-state index contributed by atoms with van der Waals surface area (Å²) in [5, 5.41) is 0. The molecule has 0 spiro atoms. The van der Waals surface area contributed by atoms with Gasteiger partial charge in [-0.05, 0) is 38.3 Å². The van der Waals surface area contributed by atoms with E-state index in [1.807, 2.05) is 12.3 Å². The summed E-state index contributed by atoms with van der Waals surface area (Å²) < 4.78 is 44.5. The van der Waals surface area contributed by atoms with Gasteiger partial charge in [-0.1, -0.05) is 33.8 Å². The van der Waals surface area contributed by atoms with Crippen LogP contribution in [0.25, 0.3) is 11.3 Å². The molecule has 1 saturated carbocycles. The van der Waals surface area contributed by atoms with Crippen LogP contribution in [0.1, 0.15) is 71.2 Å². The van der Waals surface area contributed by atoms with Crippen LogP contribution in [-0.2, 0) is 0 Å². The third-order valence-electron chi connectivity index (χ3n) is 6.36. The van der Waals surface area contributed by atoms with Gasteiger partial charge < -0.3 is 15.0 Å². The standard InChI is InChI=1S/C24H34F3N5O/c1-6-9-11-31(10-7-2)23(8-3)13-20(23)32-15-18(30-22(32)16(4)5)17-12-19(21(28)29-14-17)33-24(25,26)27/h6,12,14-16,20H,1,7-11,13H2,2-5H3,(H2,28,29). The van der Waals surface area contributed by atoms with Crippen LogP contribution in [0.2, 0.25) is 0 Å². The van der Waals surface area contributed by atoms with E-state index in [0.717, 1.165) is 44.6 Å².